The van der Waals surface area contributed by atoms with Crippen LogP contribution in [0.5, 0.6) is 5.75 Å². The molecule has 0 radical (unpaired) electrons. The zero-order valence-electron chi connectivity index (χ0n) is 24.2. The fourth-order valence-corrected chi connectivity index (χ4v) is 5.18. The SMILES string of the molecule is CCN1CCN(C(=O)NC(C(=O)C[C@H]2Cc3cccc(C(C)=O)c3OB2O)c2ncc(C(=O)CCCO)cc2F)C(=O)C1=O. The van der Waals surface area contributed by atoms with Gasteiger partial charge in [0.25, 0.3) is 0 Å². The van der Waals surface area contributed by atoms with Crippen LogP contribution in [0.15, 0.2) is 30.5 Å². The van der Waals surface area contributed by atoms with E-state index in [2.05, 4.69) is 10.3 Å². The van der Waals surface area contributed by atoms with E-state index in [0.29, 0.717) is 10.5 Å². The van der Waals surface area contributed by atoms with Gasteiger partial charge in [0.15, 0.2) is 17.3 Å². The third-order valence-electron chi connectivity index (χ3n) is 7.62. The predicted octanol–water partition coefficient (Wildman–Crippen LogP) is 1.26. The lowest BCUT2D eigenvalue weighted by molar-refractivity contribution is -0.153. The number of pyridine rings is 1. The number of carbonyl (C=O) groups is 6. The van der Waals surface area contributed by atoms with Crippen LogP contribution in [-0.2, 0) is 20.8 Å². The molecule has 2 aliphatic heterocycles. The van der Waals surface area contributed by atoms with Crippen LogP contribution in [-0.4, -0.2) is 93.5 Å². The van der Waals surface area contributed by atoms with E-state index in [1.807, 2.05) is 0 Å². The molecule has 232 valence electrons. The standard InChI is InChI=1S/C29H32BFN4O9/c1-3-34-9-10-35(28(41)27(34)40)29(42)33-25(24-21(31)13-18(15-32-24)22(38)8-5-11-36)23(39)14-19-12-17-6-4-7-20(16(2)37)26(17)44-30(19)43/h4,6-7,13,15,19,25,36,43H,3,5,8-12,14H2,1-2H3,(H,33,42)/t19-,25?/m1/s1. The summed E-state index contributed by atoms with van der Waals surface area (Å²) in [6, 6.07) is 2.83. The number of aromatic nitrogens is 1. The number of para-hydroxylation sites is 1. The number of benzene rings is 1. The topological polar surface area (TPSA) is 184 Å². The van der Waals surface area contributed by atoms with Crippen molar-refractivity contribution in [2.24, 2.45) is 0 Å². The van der Waals surface area contributed by atoms with Gasteiger partial charge in [-0.2, -0.15) is 0 Å². The van der Waals surface area contributed by atoms with Crippen molar-refractivity contribution in [1.82, 2.24) is 20.1 Å². The number of ketones is 3. The Balaban J connectivity index is 1.61. The summed E-state index contributed by atoms with van der Waals surface area (Å²) in [5.74, 6) is -5.35. The van der Waals surface area contributed by atoms with E-state index in [4.69, 9.17) is 9.76 Å². The van der Waals surface area contributed by atoms with Crippen molar-refractivity contribution in [3.8, 4) is 5.75 Å². The van der Waals surface area contributed by atoms with Gasteiger partial charge in [-0.3, -0.25) is 33.9 Å². The van der Waals surface area contributed by atoms with E-state index >= 15 is 4.39 Å². The Hall–Kier alpha value is -4.50. The number of likely N-dealkylation sites (N-methyl/N-ethyl adjacent to an activating group) is 1. The molecule has 3 N–H and O–H groups in total. The van der Waals surface area contributed by atoms with Gasteiger partial charge >= 0.3 is 25.0 Å². The molecular formula is C29H32BFN4O9. The summed E-state index contributed by atoms with van der Waals surface area (Å²) in [7, 11) is -1.52. The first-order valence-corrected chi connectivity index (χ1v) is 14.2. The first kappa shape index (κ1) is 32.4. The van der Waals surface area contributed by atoms with Crippen LogP contribution < -0.4 is 9.97 Å². The van der Waals surface area contributed by atoms with Gasteiger partial charge < -0.3 is 25.0 Å². The van der Waals surface area contributed by atoms with E-state index in [1.54, 1.807) is 25.1 Å². The molecule has 1 saturated heterocycles. The zero-order chi connectivity index (χ0) is 32.1. The molecule has 0 saturated carbocycles. The van der Waals surface area contributed by atoms with Gasteiger partial charge in [0.1, 0.15) is 23.3 Å². The maximum atomic E-state index is 15.4. The summed E-state index contributed by atoms with van der Waals surface area (Å²) in [5.41, 5.74) is 0.175. The van der Waals surface area contributed by atoms with Gasteiger partial charge in [-0.15, -0.1) is 0 Å². The molecule has 44 heavy (non-hydrogen) atoms. The molecule has 15 heteroatoms. The molecule has 1 aromatic carbocycles. The number of urea groups is 1. The number of hydrogen-bond donors (Lipinski definition) is 3. The smallest absolute Gasteiger partial charge is 0.526 e. The highest BCUT2D eigenvalue weighted by Crippen LogP contribution is 2.37. The number of aliphatic hydroxyl groups is 1. The van der Waals surface area contributed by atoms with E-state index < -0.39 is 66.3 Å². The number of amides is 4. The van der Waals surface area contributed by atoms with Crippen LogP contribution in [0.3, 0.4) is 0 Å². The lowest BCUT2D eigenvalue weighted by atomic mass is 9.64. The number of piperazine rings is 1. The fourth-order valence-electron chi connectivity index (χ4n) is 5.18. The average molecular weight is 610 g/mol. The van der Waals surface area contributed by atoms with Crippen LogP contribution in [0, 0.1) is 5.82 Å². The summed E-state index contributed by atoms with van der Waals surface area (Å²) in [6.07, 6.45) is 0.800. The fraction of sp³-hybridized carbons (Fsp3) is 0.414. The van der Waals surface area contributed by atoms with Crippen LogP contribution in [0.25, 0.3) is 0 Å². The zero-order valence-corrected chi connectivity index (χ0v) is 24.2. The second-order valence-corrected chi connectivity index (χ2v) is 10.6. The van der Waals surface area contributed by atoms with Gasteiger partial charge in [0.2, 0.25) is 0 Å². The Morgan fingerprint density at radius 2 is 1.95 bits per heavy atom. The third-order valence-corrected chi connectivity index (χ3v) is 7.62. The molecule has 2 aliphatic rings. The van der Waals surface area contributed by atoms with E-state index in [1.165, 1.54) is 11.8 Å². The summed E-state index contributed by atoms with van der Waals surface area (Å²) in [6.45, 7) is 2.93. The van der Waals surface area contributed by atoms with Crippen LogP contribution in [0.4, 0.5) is 9.18 Å². The molecular weight excluding hydrogens is 578 g/mol. The van der Waals surface area contributed by atoms with E-state index in [9.17, 15) is 33.8 Å². The minimum Gasteiger partial charge on any atom is -0.535 e. The quantitative estimate of drug-likeness (QED) is 0.190. The molecule has 0 bridgehead atoms. The van der Waals surface area contributed by atoms with Crippen molar-refractivity contribution < 1.29 is 47.9 Å². The second kappa shape index (κ2) is 13.9. The maximum Gasteiger partial charge on any atom is 0.526 e. The largest absolute Gasteiger partial charge is 0.535 e. The first-order valence-electron chi connectivity index (χ1n) is 14.2. The third kappa shape index (κ3) is 6.84. The molecule has 1 aromatic heterocycles. The Morgan fingerprint density at radius 1 is 1.20 bits per heavy atom. The minimum atomic E-state index is -1.77. The number of fused-ring (bicyclic) bond motifs is 1. The molecule has 4 rings (SSSR count). The number of imide groups is 1. The molecule has 1 unspecified atom stereocenters. The number of rotatable bonds is 11. The molecule has 0 aliphatic carbocycles. The Morgan fingerprint density at radius 3 is 2.61 bits per heavy atom. The molecule has 13 nitrogen and oxygen atoms in total. The van der Waals surface area contributed by atoms with Crippen molar-refractivity contribution in [1.29, 1.82) is 0 Å². The summed E-state index contributed by atoms with van der Waals surface area (Å²) in [5, 5.41) is 22.0. The van der Waals surface area contributed by atoms with Gasteiger partial charge in [-0.25, -0.2) is 9.18 Å². The number of hydrogen-bond acceptors (Lipinski definition) is 10. The maximum absolute atomic E-state index is 15.4. The first-order chi connectivity index (χ1) is 21.0. The van der Waals surface area contributed by atoms with Gasteiger partial charge in [0.05, 0.1) is 5.56 Å². The van der Waals surface area contributed by atoms with E-state index in [-0.39, 0.29) is 68.2 Å². The summed E-state index contributed by atoms with van der Waals surface area (Å²) in [4.78, 5) is 82.1. The summed E-state index contributed by atoms with van der Waals surface area (Å²) >= 11 is 0. The monoisotopic (exact) mass is 610 g/mol. The Bertz CT molecular complexity index is 1500. The van der Waals surface area contributed by atoms with Crippen molar-refractivity contribution in [2.45, 2.75) is 51.4 Å². The highest BCUT2D eigenvalue weighted by atomic mass is 19.1. The Labute approximate surface area is 252 Å². The van der Waals surface area contributed by atoms with Crippen LogP contribution >= 0.6 is 0 Å². The number of carbonyl (C=O) groups excluding carboxylic acids is 6. The lowest BCUT2D eigenvalue weighted by Gasteiger charge is -2.33. The number of aliphatic hydroxyl groups excluding tert-OH is 1. The Kier molecular flexibility index (Phi) is 10.2. The van der Waals surface area contributed by atoms with Crippen molar-refractivity contribution in [2.75, 3.05) is 26.2 Å². The van der Waals surface area contributed by atoms with Crippen molar-refractivity contribution >= 4 is 42.3 Å². The van der Waals surface area contributed by atoms with Crippen molar-refractivity contribution in [3.05, 3.63) is 58.7 Å². The van der Waals surface area contributed by atoms with Crippen LogP contribution in [0.1, 0.15) is 71.1 Å². The molecule has 2 atom stereocenters. The minimum absolute atomic E-state index is 0.0671. The van der Waals surface area contributed by atoms with Crippen LogP contribution in [0.2, 0.25) is 5.82 Å². The predicted molar refractivity (Wildman–Crippen MR) is 152 cm³/mol. The number of Topliss-reactive ketones (excluding diaryl/α,β-unsaturated/α-hetero) is 3. The number of nitrogens with one attached hydrogen (secondary N) is 1. The molecule has 0 spiro atoms. The molecule has 2 aromatic rings. The molecule has 3 heterocycles. The van der Waals surface area contributed by atoms with E-state index in [0.717, 1.165) is 12.3 Å². The van der Waals surface area contributed by atoms with Gasteiger partial charge in [-0.05, 0) is 44.4 Å². The van der Waals surface area contributed by atoms with Crippen molar-refractivity contribution in [3.63, 3.8) is 0 Å². The van der Waals surface area contributed by atoms with Gasteiger partial charge in [-0.1, -0.05) is 12.1 Å². The normalized spacial score (nSPS) is 17.1. The number of nitrogens with zero attached hydrogens (tertiary/aromatic N) is 3. The van der Waals surface area contributed by atoms with Gasteiger partial charge in [0, 0.05) is 56.7 Å². The number of halogens is 1. The summed E-state index contributed by atoms with van der Waals surface area (Å²) < 4.78 is 21.0. The lowest BCUT2D eigenvalue weighted by Crippen LogP contribution is -2.58. The highest BCUT2D eigenvalue weighted by molar-refractivity contribution is 6.47. The second-order valence-electron chi connectivity index (χ2n) is 10.6. The molecule has 1 fully saturated rings. The molecule has 4 amide bonds. The average Bonchev–Trinajstić information content (AvgIpc) is 2.99. The highest BCUT2D eigenvalue weighted by Gasteiger charge is 2.41.